The maximum Gasteiger partial charge on any atom is 0.336 e. The van der Waals surface area contributed by atoms with Gasteiger partial charge in [0.2, 0.25) is 5.91 Å². The lowest BCUT2D eigenvalue weighted by atomic mass is 10.0. The summed E-state index contributed by atoms with van der Waals surface area (Å²) in [6.45, 7) is 4.75. The van der Waals surface area contributed by atoms with Crippen LogP contribution in [0.15, 0.2) is 57.7 Å². The minimum Gasteiger partial charge on any atom is -0.461 e. The molecule has 2 heterocycles. The van der Waals surface area contributed by atoms with Gasteiger partial charge in [0.1, 0.15) is 12.2 Å². The van der Waals surface area contributed by atoms with Gasteiger partial charge in [-0.3, -0.25) is 9.59 Å². The zero-order chi connectivity index (χ0) is 22.0. The van der Waals surface area contributed by atoms with E-state index < -0.39 is 17.5 Å². The summed E-state index contributed by atoms with van der Waals surface area (Å²) >= 11 is 0. The monoisotopic (exact) mass is 419 g/mol. The van der Waals surface area contributed by atoms with Crippen molar-refractivity contribution in [3.8, 4) is 0 Å². The lowest BCUT2D eigenvalue weighted by Gasteiger charge is -2.16. The molecule has 0 radical (unpaired) electrons. The lowest BCUT2D eigenvalue weighted by molar-refractivity contribution is -0.149. The van der Waals surface area contributed by atoms with Crippen LogP contribution in [0.3, 0.4) is 0 Å². The first-order valence-corrected chi connectivity index (χ1v) is 10.4. The number of nitrogens with zero attached hydrogens (tertiary/aromatic N) is 1. The molecule has 0 spiro atoms. The number of esters is 1. The Labute approximate surface area is 180 Å². The fourth-order valence-electron chi connectivity index (χ4n) is 3.97. The number of rotatable bonds is 6. The normalized spacial score (nSPS) is 16.1. The molecule has 31 heavy (non-hydrogen) atoms. The minimum atomic E-state index is -0.487. The Morgan fingerprint density at radius 1 is 1.13 bits per heavy atom. The first kappa shape index (κ1) is 20.8. The molecule has 2 aromatic carbocycles. The van der Waals surface area contributed by atoms with E-state index in [2.05, 4.69) is 0 Å². The number of benzene rings is 2. The van der Waals surface area contributed by atoms with Gasteiger partial charge < -0.3 is 14.1 Å². The lowest BCUT2D eigenvalue weighted by Crippen LogP contribution is -2.28. The summed E-state index contributed by atoms with van der Waals surface area (Å²) in [6, 6.07) is 15.1. The fourth-order valence-corrected chi connectivity index (χ4v) is 3.97. The van der Waals surface area contributed by atoms with Gasteiger partial charge in [-0.2, -0.15) is 0 Å². The van der Waals surface area contributed by atoms with E-state index in [0.717, 1.165) is 28.5 Å². The van der Waals surface area contributed by atoms with Crippen LogP contribution in [-0.4, -0.2) is 29.9 Å². The summed E-state index contributed by atoms with van der Waals surface area (Å²) in [7, 11) is 0. The Bertz CT molecular complexity index is 1180. The zero-order valence-electron chi connectivity index (χ0n) is 17.7. The van der Waals surface area contributed by atoms with Gasteiger partial charge in [0.05, 0.1) is 5.92 Å². The van der Waals surface area contributed by atoms with Gasteiger partial charge in [-0.15, -0.1) is 0 Å². The third kappa shape index (κ3) is 4.53. The first-order valence-electron chi connectivity index (χ1n) is 10.4. The van der Waals surface area contributed by atoms with Crippen LogP contribution in [0, 0.1) is 19.8 Å². The maximum absolute atomic E-state index is 12.6. The van der Waals surface area contributed by atoms with E-state index in [9.17, 15) is 14.4 Å². The van der Waals surface area contributed by atoms with Crippen LogP contribution in [0.1, 0.15) is 28.7 Å². The summed E-state index contributed by atoms with van der Waals surface area (Å²) < 4.78 is 10.9. The first-order chi connectivity index (χ1) is 14.9. The minimum absolute atomic E-state index is 0.0296. The number of carbonyl (C=O) groups excluding carboxylic acids is 2. The summed E-state index contributed by atoms with van der Waals surface area (Å²) in [5.41, 5.74) is 3.70. The van der Waals surface area contributed by atoms with E-state index in [1.54, 1.807) is 4.90 Å². The molecule has 0 unspecified atom stereocenters. The molecule has 1 fully saturated rings. The predicted molar refractivity (Wildman–Crippen MR) is 117 cm³/mol. The summed E-state index contributed by atoms with van der Waals surface area (Å²) in [5, 5.41) is 0.752. The molecule has 6 nitrogen and oxygen atoms in total. The van der Waals surface area contributed by atoms with E-state index in [1.165, 1.54) is 6.07 Å². The van der Waals surface area contributed by atoms with Crippen molar-refractivity contribution in [2.75, 3.05) is 13.1 Å². The second-order valence-electron chi connectivity index (χ2n) is 8.06. The van der Waals surface area contributed by atoms with Crippen LogP contribution >= 0.6 is 0 Å². The van der Waals surface area contributed by atoms with Crippen LogP contribution in [0.5, 0.6) is 0 Å². The molecule has 160 valence electrons. The van der Waals surface area contributed by atoms with Crippen LogP contribution in [-0.2, 0) is 27.4 Å². The van der Waals surface area contributed by atoms with Crippen molar-refractivity contribution in [1.29, 1.82) is 0 Å². The Hall–Kier alpha value is -3.41. The number of likely N-dealkylation sites (tertiary alicyclic amines) is 1. The molecule has 1 amide bonds. The van der Waals surface area contributed by atoms with Crippen molar-refractivity contribution < 1.29 is 18.7 Å². The molecule has 3 aromatic rings. The van der Waals surface area contributed by atoms with Crippen molar-refractivity contribution in [3.05, 3.63) is 81.2 Å². The number of hydrogen-bond acceptors (Lipinski definition) is 5. The summed E-state index contributed by atoms with van der Waals surface area (Å²) in [6.07, 6.45) is 0.905. The predicted octanol–water partition coefficient (Wildman–Crippen LogP) is 3.54. The Morgan fingerprint density at radius 3 is 2.68 bits per heavy atom. The van der Waals surface area contributed by atoms with E-state index in [1.807, 2.05) is 56.3 Å². The molecule has 1 atom stereocenters. The van der Waals surface area contributed by atoms with Gasteiger partial charge in [-0.05, 0) is 37.0 Å². The van der Waals surface area contributed by atoms with Gasteiger partial charge in [0.25, 0.3) is 0 Å². The van der Waals surface area contributed by atoms with Crippen molar-refractivity contribution in [3.63, 3.8) is 0 Å². The number of ether oxygens (including phenoxy) is 1. The second-order valence-corrected chi connectivity index (χ2v) is 8.06. The molecule has 4 rings (SSSR count). The number of aryl methyl sites for hydroxylation is 2. The molecular formula is C25H25NO5. The maximum atomic E-state index is 12.6. The SMILES string of the molecule is Cc1ccc2c(COC(=O)[C@@H]3CC(=O)N(CCc4ccccc4)C3)cc(=O)oc2c1C. The van der Waals surface area contributed by atoms with Crippen LogP contribution < -0.4 is 5.63 Å². The highest BCUT2D eigenvalue weighted by atomic mass is 16.5. The largest absolute Gasteiger partial charge is 0.461 e. The molecular weight excluding hydrogens is 394 g/mol. The Balaban J connectivity index is 1.40. The standard InChI is InChI=1S/C25H25NO5/c1-16-8-9-21-20(13-23(28)31-24(21)17(16)2)15-30-25(29)19-12-22(27)26(14-19)11-10-18-6-4-3-5-7-18/h3-9,13,19H,10-12,14-15H2,1-2H3/t19-/m1/s1. The quantitative estimate of drug-likeness (QED) is 0.451. The van der Waals surface area contributed by atoms with E-state index >= 15 is 0 Å². The summed E-state index contributed by atoms with van der Waals surface area (Å²) in [5.74, 6) is -0.936. The number of fused-ring (bicyclic) bond motifs is 1. The molecule has 0 saturated carbocycles. The highest BCUT2D eigenvalue weighted by molar-refractivity contribution is 5.87. The Morgan fingerprint density at radius 2 is 1.90 bits per heavy atom. The number of amides is 1. The number of carbonyl (C=O) groups is 2. The number of hydrogen-bond donors (Lipinski definition) is 0. The van der Waals surface area contributed by atoms with Crippen molar-refractivity contribution in [2.45, 2.75) is 33.3 Å². The Kier molecular flexibility index (Phi) is 5.89. The third-order valence-electron chi connectivity index (χ3n) is 5.95. The molecule has 6 heteroatoms. The van der Waals surface area contributed by atoms with Gasteiger partial charge in [0, 0.05) is 36.5 Å². The molecule has 0 bridgehead atoms. The van der Waals surface area contributed by atoms with Gasteiger partial charge in [0.15, 0.2) is 0 Å². The molecule has 1 aliphatic heterocycles. The topological polar surface area (TPSA) is 76.8 Å². The van der Waals surface area contributed by atoms with Crippen LogP contribution in [0.25, 0.3) is 11.0 Å². The van der Waals surface area contributed by atoms with E-state index in [4.69, 9.17) is 9.15 Å². The average molecular weight is 419 g/mol. The molecule has 1 aliphatic rings. The molecule has 0 aliphatic carbocycles. The third-order valence-corrected chi connectivity index (χ3v) is 5.95. The van der Waals surface area contributed by atoms with Crippen molar-refractivity contribution >= 4 is 22.8 Å². The summed E-state index contributed by atoms with van der Waals surface area (Å²) in [4.78, 5) is 38.7. The van der Waals surface area contributed by atoms with E-state index in [0.29, 0.717) is 24.2 Å². The van der Waals surface area contributed by atoms with Gasteiger partial charge >= 0.3 is 11.6 Å². The highest BCUT2D eigenvalue weighted by Crippen LogP contribution is 2.25. The van der Waals surface area contributed by atoms with Gasteiger partial charge in [-0.1, -0.05) is 42.5 Å². The van der Waals surface area contributed by atoms with Crippen LogP contribution in [0.4, 0.5) is 0 Å². The van der Waals surface area contributed by atoms with Crippen LogP contribution in [0.2, 0.25) is 0 Å². The van der Waals surface area contributed by atoms with Crippen molar-refractivity contribution in [1.82, 2.24) is 4.90 Å². The molecule has 1 aromatic heterocycles. The fraction of sp³-hybridized carbons (Fsp3) is 0.320. The smallest absolute Gasteiger partial charge is 0.336 e. The highest BCUT2D eigenvalue weighted by Gasteiger charge is 2.35. The second kappa shape index (κ2) is 8.76. The van der Waals surface area contributed by atoms with Gasteiger partial charge in [-0.25, -0.2) is 4.79 Å². The zero-order valence-corrected chi connectivity index (χ0v) is 17.7. The van der Waals surface area contributed by atoms with Crippen molar-refractivity contribution in [2.24, 2.45) is 5.92 Å². The molecule has 0 N–H and O–H groups in total. The average Bonchev–Trinajstić information content (AvgIpc) is 3.14. The van der Waals surface area contributed by atoms with E-state index in [-0.39, 0.29) is 18.9 Å². The molecule has 1 saturated heterocycles.